The molecular weight excluding hydrogens is 400 g/mol. The largest absolute Gasteiger partial charge is 0.534 e. The van der Waals surface area contributed by atoms with E-state index in [1.165, 1.54) is 0 Å². The van der Waals surface area contributed by atoms with Crippen molar-refractivity contribution >= 4 is 35.4 Å². The van der Waals surface area contributed by atoms with Crippen LogP contribution in [-0.4, -0.2) is 35.4 Å². The maximum absolute atomic E-state index is 13.1. The number of halogens is 1. The van der Waals surface area contributed by atoms with Gasteiger partial charge in [0.1, 0.15) is 17.2 Å². The molecule has 0 saturated heterocycles. The van der Waals surface area contributed by atoms with Gasteiger partial charge in [0.15, 0.2) is 0 Å². The van der Waals surface area contributed by atoms with Crippen molar-refractivity contribution in [2.45, 2.75) is 71.1 Å². The number of hydroxylamine groups is 1. The molecule has 0 radical (unpaired) electrons. The van der Waals surface area contributed by atoms with E-state index in [1.54, 1.807) is 66.7 Å². The van der Waals surface area contributed by atoms with Crippen molar-refractivity contribution in [3.05, 3.63) is 29.3 Å². The molecule has 2 atom stereocenters. The number of alkyl carbamates (subject to hydrolysis) is 1. The zero-order chi connectivity index (χ0) is 22.1. The molecule has 0 fully saturated rings. The van der Waals surface area contributed by atoms with Crippen molar-refractivity contribution in [1.29, 1.82) is 0 Å². The maximum Gasteiger partial charge on any atom is 0.534 e. The lowest BCUT2D eigenvalue weighted by Crippen LogP contribution is -2.55. The minimum Gasteiger partial charge on any atom is -0.444 e. The van der Waals surface area contributed by atoms with Gasteiger partial charge in [0, 0.05) is 5.56 Å². The van der Waals surface area contributed by atoms with E-state index in [9.17, 15) is 14.4 Å². The highest BCUT2D eigenvalue weighted by Gasteiger charge is 2.44. The standard InChI is InChI=1S/C20H27ClN2O6/c1-11-9-8-10-12-13(21)14(22-17(25)27-19(2,3)4)16(24)23(15(11)12)29-18(26)28-20(5,6)7/h8-10,13-14H,1-7H3,(H,22,25). The van der Waals surface area contributed by atoms with Crippen molar-refractivity contribution in [2.75, 3.05) is 5.06 Å². The van der Waals surface area contributed by atoms with E-state index in [1.807, 2.05) is 0 Å². The number of amides is 2. The van der Waals surface area contributed by atoms with Gasteiger partial charge in [-0.3, -0.25) is 9.63 Å². The van der Waals surface area contributed by atoms with Crippen molar-refractivity contribution in [2.24, 2.45) is 0 Å². The molecule has 1 aliphatic heterocycles. The molecule has 160 valence electrons. The van der Waals surface area contributed by atoms with E-state index in [4.69, 9.17) is 25.9 Å². The van der Waals surface area contributed by atoms with Gasteiger partial charge in [0.2, 0.25) is 0 Å². The Kier molecular flexibility index (Phi) is 6.37. The summed E-state index contributed by atoms with van der Waals surface area (Å²) >= 11 is 6.51. The Morgan fingerprint density at radius 2 is 1.66 bits per heavy atom. The summed E-state index contributed by atoms with van der Waals surface area (Å²) in [4.78, 5) is 42.7. The van der Waals surface area contributed by atoms with Crippen LogP contribution in [0.5, 0.6) is 0 Å². The van der Waals surface area contributed by atoms with Crippen LogP contribution in [0.25, 0.3) is 0 Å². The molecule has 1 N–H and O–H groups in total. The molecule has 0 spiro atoms. The van der Waals surface area contributed by atoms with E-state index >= 15 is 0 Å². The van der Waals surface area contributed by atoms with Crippen LogP contribution in [0.1, 0.15) is 58.0 Å². The van der Waals surface area contributed by atoms with E-state index in [0.29, 0.717) is 16.8 Å². The first-order chi connectivity index (χ1) is 13.2. The highest BCUT2D eigenvalue weighted by atomic mass is 35.5. The lowest BCUT2D eigenvalue weighted by molar-refractivity contribution is -0.128. The molecule has 0 aliphatic carbocycles. The molecule has 1 aromatic rings. The summed E-state index contributed by atoms with van der Waals surface area (Å²) in [6.45, 7) is 11.9. The molecule has 2 unspecified atom stereocenters. The van der Waals surface area contributed by atoms with Crippen molar-refractivity contribution < 1.29 is 28.7 Å². The van der Waals surface area contributed by atoms with E-state index < -0.39 is 40.8 Å². The Morgan fingerprint density at radius 3 is 2.21 bits per heavy atom. The summed E-state index contributed by atoms with van der Waals surface area (Å²) in [5, 5.41) is 2.40. The first-order valence-corrected chi connectivity index (χ1v) is 9.61. The molecule has 9 heteroatoms. The monoisotopic (exact) mass is 426 g/mol. The number of carbonyl (C=O) groups excluding carboxylic acids is 3. The van der Waals surface area contributed by atoms with Crippen LogP contribution < -0.4 is 10.4 Å². The van der Waals surface area contributed by atoms with E-state index in [2.05, 4.69) is 5.32 Å². The zero-order valence-electron chi connectivity index (χ0n) is 17.7. The number of carbonyl (C=O) groups is 3. The van der Waals surface area contributed by atoms with Gasteiger partial charge >= 0.3 is 12.2 Å². The maximum atomic E-state index is 13.1. The van der Waals surface area contributed by atoms with E-state index in [-0.39, 0.29) is 0 Å². The Morgan fingerprint density at radius 1 is 1.07 bits per heavy atom. The number of rotatable bonds is 2. The topological polar surface area (TPSA) is 94.2 Å². The third-order valence-electron chi connectivity index (χ3n) is 3.76. The lowest BCUT2D eigenvalue weighted by Gasteiger charge is -2.36. The summed E-state index contributed by atoms with van der Waals surface area (Å²) in [6.07, 6.45) is -1.86. The van der Waals surface area contributed by atoms with Crippen molar-refractivity contribution in [1.82, 2.24) is 5.32 Å². The molecule has 0 aromatic heterocycles. The van der Waals surface area contributed by atoms with Gasteiger partial charge in [-0.15, -0.1) is 16.7 Å². The van der Waals surface area contributed by atoms with Crippen LogP contribution in [-0.2, 0) is 19.1 Å². The van der Waals surface area contributed by atoms with Crippen LogP contribution in [0, 0.1) is 6.92 Å². The number of hydrogen-bond acceptors (Lipinski definition) is 6. The van der Waals surface area contributed by atoms with Gasteiger partial charge in [-0.2, -0.15) is 0 Å². The second-order valence-corrected chi connectivity index (χ2v) is 9.20. The smallest absolute Gasteiger partial charge is 0.444 e. The van der Waals surface area contributed by atoms with Gasteiger partial charge in [0.25, 0.3) is 5.91 Å². The fourth-order valence-electron chi connectivity index (χ4n) is 2.73. The van der Waals surface area contributed by atoms with Gasteiger partial charge in [0.05, 0.1) is 11.1 Å². The second kappa shape index (κ2) is 8.10. The predicted molar refractivity (Wildman–Crippen MR) is 108 cm³/mol. The SMILES string of the molecule is Cc1cccc2c1N(OC(=O)OC(C)(C)C)C(=O)C(NC(=O)OC(C)(C)C)C2Cl. The highest BCUT2D eigenvalue weighted by molar-refractivity contribution is 6.25. The van der Waals surface area contributed by atoms with E-state index in [0.717, 1.165) is 5.06 Å². The number of alkyl halides is 1. The van der Waals surface area contributed by atoms with Crippen molar-refractivity contribution in [3.8, 4) is 0 Å². The molecule has 2 amide bonds. The fraction of sp³-hybridized carbons (Fsp3) is 0.550. The first-order valence-electron chi connectivity index (χ1n) is 9.17. The Hall–Kier alpha value is -2.48. The normalized spacial score (nSPS) is 19.3. The molecule has 0 bridgehead atoms. The first kappa shape index (κ1) is 22.8. The molecule has 0 saturated carbocycles. The summed E-state index contributed by atoms with van der Waals surface area (Å²) < 4.78 is 10.4. The van der Waals surface area contributed by atoms with Crippen molar-refractivity contribution in [3.63, 3.8) is 0 Å². The van der Waals surface area contributed by atoms with Gasteiger partial charge in [-0.1, -0.05) is 18.2 Å². The minimum absolute atomic E-state index is 0.339. The Labute approximate surface area is 175 Å². The third kappa shape index (κ3) is 5.76. The summed E-state index contributed by atoms with van der Waals surface area (Å²) in [6, 6.07) is 4.00. The molecule has 29 heavy (non-hydrogen) atoms. The Balaban J connectivity index is 2.37. The number of ether oxygens (including phenoxy) is 2. The molecule has 8 nitrogen and oxygen atoms in total. The van der Waals surface area contributed by atoms with Crippen LogP contribution in [0.4, 0.5) is 15.3 Å². The fourth-order valence-corrected chi connectivity index (χ4v) is 3.07. The van der Waals surface area contributed by atoms with Gasteiger partial charge in [-0.25, -0.2) is 9.59 Å². The number of benzene rings is 1. The number of fused-ring (bicyclic) bond motifs is 1. The van der Waals surface area contributed by atoms with Crippen LogP contribution >= 0.6 is 11.6 Å². The second-order valence-electron chi connectivity index (χ2n) is 8.73. The van der Waals surface area contributed by atoms with Crippen LogP contribution in [0.15, 0.2) is 18.2 Å². The summed E-state index contributed by atoms with van der Waals surface area (Å²) in [5.41, 5.74) is -0.0411. The molecule has 2 rings (SSSR count). The third-order valence-corrected chi connectivity index (χ3v) is 4.24. The Bertz CT molecular complexity index is 812. The number of anilines is 1. The van der Waals surface area contributed by atoms with Crippen LogP contribution in [0.2, 0.25) is 0 Å². The number of para-hydroxylation sites is 1. The summed E-state index contributed by atoms with van der Waals surface area (Å²) in [7, 11) is 0. The molecule has 1 aliphatic rings. The summed E-state index contributed by atoms with van der Waals surface area (Å²) in [5.74, 6) is -0.719. The number of hydrogen-bond donors (Lipinski definition) is 1. The molecular formula is C20H27ClN2O6. The molecule has 1 heterocycles. The minimum atomic E-state index is -1.21. The highest BCUT2D eigenvalue weighted by Crippen LogP contribution is 2.41. The quantitative estimate of drug-likeness (QED) is 0.557. The molecule has 1 aromatic carbocycles. The predicted octanol–water partition coefficient (Wildman–Crippen LogP) is 4.38. The number of nitrogens with zero attached hydrogens (tertiary/aromatic N) is 1. The zero-order valence-corrected chi connectivity index (χ0v) is 18.4. The average molecular weight is 427 g/mol. The lowest BCUT2D eigenvalue weighted by atomic mass is 9.95. The average Bonchev–Trinajstić information content (AvgIpc) is 2.52. The number of aryl methyl sites for hydroxylation is 1. The number of nitrogens with one attached hydrogen (secondary N) is 1. The van der Waals surface area contributed by atoms with Crippen LogP contribution in [0.3, 0.4) is 0 Å². The van der Waals surface area contributed by atoms with Gasteiger partial charge in [-0.05, 0) is 54.0 Å². The van der Waals surface area contributed by atoms with Gasteiger partial charge < -0.3 is 14.8 Å².